The third kappa shape index (κ3) is 6.62. The van der Waals surface area contributed by atoms with E-state index in [2.05, 4.69) is 57.9 Å². The summed E-state index contributed by atoms with van der Waals surface area (Å²) >= 11 is 6.82. The molecule has 0 saturated heterocycles. The van der Waals surface area contributed by atoms with Crippen LogP contribution >= 0.6 is 11.6 Å². The second kappa shape index (κ2) is 12.2. The first-order chi connectivity index (χ1) is 23.0. The van der Waals surface area contributed by atoms with Crippen LogP contribution in [0.1, 0.15) is 82.9 Å². The van der Waals surface area contributed by atoms with E-state index < -0.39 is 29.7 Å². The molecule has 1 fully saturated rings. The average Bonchev–Trinajstić information content (AvgIpc) is 3.56. The molecule has 1 aliphatic rings. The van der Waals surface area contributed by atoms with Crippen LogP contribution in [0, 0.1) is 23.7 Å². The highest BCUT2D eigenvalue weighted by Crippen LogP contribution is 2.48. The second-order valence-corrected chi connectivity index (χ2v) is 15.1. The molecule has 5 aromatic rings. The molecule has 49 heavy (non-hydrogen) atoms. The molecule has 6 rings (SSSR count). The van der Waals surface area contributed by atoms with Crippen LogP contribution in [0.2, 0.25) is 5.02 Å². The maximum Gasteiger partial charge on any atom is 0.435 e. The fourth-order valence-electron chi connectivity index (χ4n) is 5.82. The lowest BCUT2D eigenvalue weighted by atomic mass is 9.96. The van der Waals surface area contributed by atoms with Crippen LogP contribution in [0.4, 0.5) is 25.0 Å². The molecule has 3 aromatic heterocycles. The Morgan fingerprint density at radius 3 is 2.55 bits per heavy atom. The van der Waals surface area contributed by atoms with E-state index in [0.717, 1.165) is 0 Å². The molecular weight excluding hydrogens is 652 g/mol. The normalized spacial score (nSPS) is 15.0. The Hall–Kier alpha value is -4.83. The van der Waals surface area contributed by atoms with Crippen molar-refractivity contribution in [2.24, 2.45) is 5.41 Å². The SMILES string of the molecule is Cc1nn(C(=O)OC(C)(C)C)c2cccc([C@H](Nc3cc(Cl)c4ncc(C#N)c(NCC(C)(C)C)c4c3)c3cn(C4(C(F)F)CC4)nn3)c12. The summed E-state index contributed by atoms with van der Waals surface area (Å²) in [6, 6.07) is 10.4. The number of alkyl halides is 2. The number of benzene rings is 2. The number of anilines is 2. The van der Waals surface area contributed by atoms with Crippen LogP contribution in [-0.4, -0.2) is 54.4 Å². The number of fused-ring (bicyclic) bond motifs is 2. The van der Waals surface area contributed by atoms with Crippen molar-refractivity contribution in [2.45, 2.75) is 84.9 Å². The molecule has 14 heteroatoms. The lowest BCUT2D eigenvalue weighted by molar-refractivity contribution is 0.0521. The Morgan fingerprint density at radius 1 is 1.18 bits per heavy atom. The summed E-state index contributed by atoms with van der Waals surface area (Å²) in [5, 5.41) is 31.6. The van der Waals surface area contributed by atoms with Gasteiger partial charge < -0.3 is 15.4 Å². The summed E-state index contributed by atoms with van der Waals surface area (Å²) < 4.78 is 36.3. The van der Waals surface area contributed by atoms with Gasteiger partial charge in [0.2, 0.25) is 0 Å². The average molecular weight is 690 g/mol. The number of halogens is 3. The van der Waals surface area contributed by atoms with Gasteiger partial charge in [0.25, 0.3) is 6.43 Å². The highest BCUT2D eigenvalue weighted by atomic mass is 35.5. The molecular formula is C35H38ClF2N9O2. The standard InChI is InChI=1S/C35H38ClF2N9O2/c1-19-27-22(9-8-10-26(27)47(44-19)32(48)49-34(5,6)7)30(25-17-46(45-43-25)35(11-12-35)31(37)38)42-21-13-23-28(41-18-33(2,3)4)20(15-39)16-40-29(23)24(36)14-21/h8-10,13-14,16-17,30-31,42H,11-12,18H2,1-7H3,(H,40,41)/t30-/m0/s1. The molecule has 11 nitrogen and oxygen atoms in total. The molecule has 1 saturated carbocycles. The topological polar surface area (TPSA) is 136 Å². The molecule has 0 bridgehead atoms. The van der Waals surface area contributed by atoms with Gasteiger partial charge in [-0.05, 0) is 69.7 Å². The molecule has 0 radical (unpaired) electrons. The number of rotatable bonds is 8. The number of pyridine rings is 1. The number of carbonyl (C=O) groups excluding carboxylic acids is 1. The van der Waals surface area contributed by atoms with Gasteiger partial charge in [0.05, 0.1) is 45.2 Å². The number of ether oxygens (including phenoxy) is 1. The molecule has 256 valence electrons. The third-order valence-corrected chi connectivity index (χ3v) is 8.66. The van der Waals surface area contributed by atoms with Gasteiger partial charge >= 0.3 is 6.09 Å². The first-order valence-electron chi connectivity index (χ1n) is 16.0. The summed E-state index contributed by atoms with van der Waals surface area (Å²) in [6.45, 7) is 13.9. The minimum atomic E-state index is -2.61. The van der Waals surface area contributed by atoms with Gasteiger partial charge in [0, 0.05) is 29.2 Å². The Labute approximate surface area is 287 Å². The van der Waals surface area contributed by atoms with Gasteiger partial charge in [-0.2, -0.15) is 15.0 Å². The monoisotopic (exact) mass is 689 g/mol. The molecule has 0 spiro atoms. The molecule has 1 aliphatic carbocycles. The van der Waals surface area contributed by atoms with E-state index in [9.17, 15) is 18.8 Å². The van der Waals surface area contributed by atoms with Crippen LogP contribution in [0.3, 0.4) is 0 Å². The maximum atomic E-state index is 14.1. The predicted molar refractivity (Wildman–Crippen MR) is 184 cm³/mol. The van der Waals surface area contributed by atoms with E-state index >= 15 is 0 Å². The van der Waals surface area contributed by atoms with E-state index in [1.165, 1.54) is 21.8 Å². The number of hydrogen-bond acceptors (Lipinski definition) is 9. The Morgan fingerprint density at radius 2 is 1.92 bits per heavy atom. The molecule has 2 aromatic carbocycles. The number of aromatic nitrogens is 6. The zero-order valence-corrected chi connectivity index (χ0v) is 29.2. The smallest absolute Gasteiger partial charge is 0.435 e. The number of nitrogens with one attached hydrogen (secondary N) is 2. The summed E-state index contributed by atoms with van der Waals surface area (Å²) in [5.74, 6) is 0. The Bertz CT molecular complexity index is 2120. The Balaban J connectivity index is 1.51. The van der Waals surface area contributed by atoms with Crippen LogP contribution in [0.5, 0.6) is 0 Å². The largest absolute Gasteiger partial charge is 0.442 e. The second-order valence-electron chi connectivity index (χ2n) is 14.7. The summed E-state index contributed by atoms with van der Waals surface area (Å²) in [5.41, 5.74) is 1.89. The van der Waals surface area contributed by atoms with Crippen molar-refractivity contribution in [1.82, 2.24) is 29.8 Å². The first kappa shape index (κ1) is 34.0. The summed E-state index contributed by atoms with van der Waals surface area (Å²) in [7, 11) is 0. The number of carbonyl (C=O) groups is 1. The zero-order valence-electron chi connectivity index (χ0n) is 28.4. The number of nitrogens with zero attached hydrogens (tertiary/aromatic N) is 7. The van der Waals surface area contributed by atoms with Gasteiger partial charge in [-0.3, -0.25) is 4.98 Å². The van der Waals surface area contributed by atoms with Crippen molar-refractivity contribution in [3.8, 4) is 6.07 Å². The number of nitriles is 1. The molecule has 3 heterocycles. The quantitative estimate of drug-likeness (QED) is 0.165. The van der Waals surface area contributed by atoms with Crippen molar-refractivity contribution in [1.29, 1.82) is 5.26 Å². The van der Waals surface area contributed by atoms with Crippen molar-refractivity contribution in [2.75, 3.05) is 17.2 Å². The summed E-state index contributed by atoms with van der Waals surface area (Å²) in [4.78, 5) is 17.7. The molecule has 2 N–H and O–H groups in total. The maximum absolute atomic E-state index is 14.1. The van der Waals surface area contributed by atoms with E-state index in [1.807, 2.05) is 12.1 Å². The minimum absolute atomic E-state index is 0.0870. The minimum Gasteiger partial charge on any atom is -0.442 e. The predicted octanol–water partition coefficient (Wildman–Crippen LogP) is 8.21. The van der Waals surface area contributed by atoms with Gasteiger partial charge in [0.15, 0.2) is 0 Å². The van der Waals surface area contributed by atoms with E-state index in [4.69, 9.17) is 16.3 Å². The molecule has 1 atom stereocenters. The van der Waals surface area contributed by atoms with Gasteiger partial charge in [0.1, 0.15) is 22.9 Å². The Kier molecular flexibility index (Phi) is 8.51. The fourth-order valence-corrected chi connectivity index (χ4v) is 6.09. The summed E-state index contributed by atoms with van der Waals surface area (Å²) in [6.07, 6.45) is 0.381. The molecule has 0 aliphatic heterocycles. The van der Waals surface area contributed by atoms with Gasteiger partial charge in [-0.15, -0.1) is 5.10 Å². The zero-order chi connectivity index (χ0) is 35.5. The molecule has 0 unspecified atom stereocenters. The fraction of sp³-hybridized carbons (Fsp3) is 0.429. The number of hydrogen-bond donors (Lipinski definition) is 2. The highest BCUT2D eigenvalue weighted by Gasteiger charge is 2.54. The first-order valence-corrected chi connectivity index (χ1v) is 16.3. The van der Waals surface area contributed by atoms with Crippen LogP contribution < -0.4 is 10.6 Å². The van der Waals surface area contributed by atoms with Crippen LogP contribution in [0.15, 0.2) is 42.7 Å². The van der Waals surface area contributed by atoms with E-state index in [0.29, 0.717) is 80.1 Å². The number of aryl methyl sites for hydroxylation is 1. The van der Waals surface area contributed by atoms with Crippen LogP contribution in [0.25, 0.3) is 21.8 Å². The van der Waals surface area contributed by atoms with Crippen molar-refractivity contribution in [3.63, 3.8) is 0 Å². The molecule has 0 amide bonds. The van der Waals surface area contributed by atoms with Crippen molar-refractivity contribution in [3.05, 3.63) is 70.3 Å². The van der Waals surface area contributed by atoms with Gasteiger partial charge in [-0.1, -0.05) is 49.7 Å². The third-order valence-electron chi connectivity index (χ3n) is 8.38. The highest BCUT2D eigenvalue weighted by molar-refractivity contribution is 6.35. The van der Waals surface area contributed by atoms with E-state index in [1.54, 1.807) is 45.9 Å². The lowest BCUT2D eigenvalue weighted by Gasteiger charge is -2.23. The van der Waals surface area contributed by atoms with Gasteiger partial charge in [-0.25, -0.2) is 18.3 Å². The van der Waals surface area contributed by atoms with Crippen molar-refractivity contribution >= 4 is 50.9 Å². The lowest BCUT2D eigenvalue weighted by Crippen LogP contribution is -2.27. The van der Waals surface area contributed by atoms with E-state index in [-0.39, 0.29) is 5.41 Å². The van der Waals surface area contributed by atoms with Crippen molar-refractivity contribution < 1.29 is 18.3 Å². The van der Waals surface area contributed by atoms with Crippen LogP contribution in [-0.2, 0) is 10.3 Å².